The second-order valence-corrected chi connectivity index (χ2v) is 6.76. The molecule has 1 aromatic carbocycles. The van der Waals surface area contributed by atoms with Gasteiger partial charge in [-0.05, 0) is 49.5 Å². The van der Waals surface area contributed by atoms with Gasteiger partial charge in [0, 0.05) is 4.90 Å². The number of para-hydroxylation sites is 1. The Morgan fingerprint density at radius 1 is 1.19 bits per heavy atom. The van der Waals surface area contributed by atoms with E-state index in [9.17, 15) is 14.7 Å². The summed E-state index contributed by atoms with van der Waals surface area (Å²) in [4.78, 5) is 25.1. The minimum absolute atomic E-state index is 0.129. The van der Waals surface area contributed by atoms with E-state index in [-0.39, 0.29) is 23.7 Å². The SMILES string of the molecule is CSc1ccccc1NC(=O)[C@@H]1[C@@H]2CC[C@@H](C2)[C@@H]1C(=O)O. The number of anilines is 1. The van der Waals surface area contributed by atoms with Crippen LogP contribution >= 0.6 is 11.8 Å². The number of carboxylic acid groups (broad SMARTS) is 1. The molecule has 0 aromatic heterocycles. The average molecular weight is 305 g/mol. The van der Waals surface area contributed by atoms with Gasteiger partial charge in [-0.25, -0.2) is 0 Å². The predicted molar refractivity (Wildman–Crippen MR) is 82.3 cm³/mol. The van der Waals surface area contributed by atoms with Gasteiger partial charge in [-0.1, -0.05) is 12.1 Å². The molecule has 1 amide bonds. The molecule has 21 heavy (non-hydrogen) atoms. The van der Waals surface area contributed by atoms with Crippen molar-refractivity contribution in [3.8, 4) is 0 Å². The number of thioether (sulfide) groups is 1. The quantitative estimate of drug-likeness (QED) is 0.839. The number of nitrogens with one attached hydrogen (secondary N) is 1. The van der Waals surface area contributed by atoms with Gasteiger partial charge in [0.05, 0.1) is 17.5 Å². The Morgan fingerprint density at radius 2 is 1.86 bits per heavy atom. The maximum Gasteiger partial charge on any atom is 0.307 e. The van der Waals surface area contributed by atoms with Gasteiger partial charge in [-0.15, -0.1) is 11.8 Å². The van der Waals surface area contributed by atoms with Gasteiger partial charge in [-0.2, -0.15) is 0 Å². The third-order valence-corrected chi connectivity index (χ3v) is 5.66. The molecule has 0 heterocycles. The minimum atomic E-state index is -0.819. The molecule has 3 rings (SSSR count). The van der Waals surface area contributed by atoms with Crippen molar-refractivity contribution >= 4 is 29.3 Å². The van der Waals surface area contributed by atoms with Gasteiger partial charge < -0.3 is 10.4 Å². The van der Waals surface area contributed by atoms with Gasteiger partial charge in [-0.3, -0.25) is 9.59 Å². The largest absolute Gasteiger partial charge is 0.481 e. The highest BCUT2D eigenvalue weighted by atomic mass is 32.2. The first-order chi connectivity index (χ1) is 10.1. The van der Waals surface area contributed by atoms with E-state index in [2.05, 4.69) is 5.32 Å². The summed E-state index contributed by atoms with van der Waals surface area (Å²) < 4.78 is 0. The number of carbonyl (C=O) groups is 2. The molecule has 4 nitrogen and oxygen atoms in total. The lowest BCUT2D eigenvalue weighted by Gasteiger charge is -2.27. The molecule has 0 radical (unpaired) electrons. The second kappa shape index (κ2) is 5.72. The molecule has 112 valence electrons. The number of hydrogen-bond acceptors (Lipinski definition) is 3. The predicted octanol–water partition coefficient (Wildman–Crippen LogP) is 3.09. The molecule has 2 bridgehead atoms. The van der Waals surface area contributed by atoms with Crippen LogP contribution in [0.1, 0.15) is 19.3 Å². The van der Waals surface area contributed by atoms with Crippen LogP contribution in [0.25, 0.3) is 0 Å². The minimum Gasteiger partial charge on any atom is -0.481 e. The van der Waals surface area contributed by atoms with Crippen molar-refractivity contribution in [3.05, 3.63) is 24.3 Å². The lowest BCUT2D eigenvalue weighted by molar-refractivity contribution is -0.148. The van der Waals surface area contributed by atoms with Crippen molar-refractivity contribution in [1.29, 1.82) is 0 Å². The Hall–Kier alpha value is -1.49. The number of fused-ring (bicyclic) bond motifs is 2. The lowest BCUT2D eigenvalue weighted by Crippen LogP contribution is -2.37. The molecule has 0 unspecified atom stereocenters. The zero-order valence-corrected chi connectivity index (χ0v) is 12.7. The third-order valence-electron chi connectivity index (χ3n) is 4.87. The van der Waals surface area contributed by atoms with Gasteiger partial charge in [0.1, 0.15) is 0 Å². The van der Waals surface area contributed by atoms with Crippen molar-refractivity contribution < 1.29 is 14.7 Å². The normalized spacial score (nSPS) is 30.3. The number of carboxylic acids is 1. The summed E-state index contributed by atoms with van der Waals surface area (Å²) in [6, 6.07) is 7.63. The number of rotatable bonds is 4. The first-order valence-corrected chi connectivity index (χ1v) is 8.51. The molecular formula is C16H19NO3S. The van der Waals surface area contributed by atoms with Crippen LogP contribution in [0.15, 0.2) is 29.2 Å². The highest BCUT2D eigenvalue weighted by Gasteiger charge is 2.54. The van der Waals surface area contributed by atoms with E-state index in [1.54, 1.807) is 11.8 Å². The topological polar surface area (TPSA) is 66.4 Å². The third kappa shape index (κ3) is 2.55. The van der Waals surface area contributed by atoms with E-state index in [1.165, 1.54) is 0 Å². The fourth-order valence-electron chi connectivity index (χ4n) is 3.99. The number of benzene rings is 1. The fraction of sp³-hybridized carbons (Fsp3) is 0.500. The van der Waals surface area contributed by atoms with E-state index >= 15 is 0 Å². The number of aliphatic carboxylic acids is 1. The first-order valence-electron chi connectivity index (χ1n) is 7.28. The second-order valence-electron chi connectivity index (χ2n) is 5.91. The zero-order chi connectivity index (χ0) is 15.0. The molecule has 1 aromatic rings. The van der Waals surface area contributed by atoms with E-state index in [1.807, 2.05) is 30.5 Å². The summed E-state index contributed by atoms with van der Waals surface area (Å²) in [6.07, 6.45) is 4.78. The van der Waals surface area contributed by atoms with E-state index in [4.69, 9.17) is 0 Å². The van der Waals surface area contributed by atoms with Crippen molar-refractivity contribution in [1.82, 2.24) is 0 Å². The summed E-state index contributed by atoms with van der Waals surface area (Å²) in [7, 11) is 0. The molecule has 0 saturated heterocycles. The molecular weight excluding hydrogens is 286 g/mol. The van der Waals surface area contributed by atoms with Gasteiger partial charge in [0.15, 0.2) is 0 Å². The Morgan fingerprint density at radius 3 is 2.52 bits per heavy atom. The molecule has 2 aliphatic carbocycles. The van der Waals surface area contributed by atoms with E-state index in [0.29, 0.717) is 0 Å². The summed E-state index contributed by atoms with van der Waals surface area (Å²) >= 11 is 1.57. The summed E-state index contributed by atoms with van der Waals surface area (Å²) in [5.74, 6) is -1.42. The van der Waals surface area contributed by atoms with E-state index in [0.717, 1.165) is 29.8 Å². The molecule has 2 saturated carbocycles. The lowest BCUT2D eigenvalue weighted by atomic mass is 9.78. The zero-order valence-electron chi connectivity index (χ0n) is 11.9. The van der Waals surface area contributed by atoms with Crippen LogP contribution in [0.4, 0.5) is 5.69 Å². The van der Waals surface area contributed by atoms with Gasteiger partial charge in [0.2, 0.25) is 5.91 Å². The Kier molecular flexibility index (Phi) is 3.93. The highest BCUT2D eigenvalue weighted by Crippen LogP contribution is 2.52. The van der Waals surface area contributed by atoms with Crippen LogP contribution in [-0.2, 0) is 9.59 Å². The van der Waals surface area contributed by atoms with Crippen LogP contribution in [0.5, 0.6) is 0 Å². The van der Waals surface area contributed by atoms with Crippen LogP contribution in [0.3, 0.4) is 0 Å². The van der Waals surface area contributed by atoms with Crippen molar-refractivity contribution in [3.63, 3.8) is 0 Å². The number of hydrogen-bond donors (Lipinski definition) is 2. The first kappa shape index (κ1) is 14.4. The maximum absolute atomic E-state index is 12.6. The standard InChI is InChI=1S/C16H19NO3S/c1-21-12-5-3-2-4-11(12)17-15(18)13-9-6-7-10(8-9)14(13)16(19)20/h2-5,9-10,13-14H,6-8H2,1H3,(H,17,18)(H,19,20)/t9-,10+,13-,14+/m1/s1. The maximum atomic E-state index is 12.6. The summed E-state index contributed by atoms with van der Waals surface area (Å²) in [5.41, 5.74) is 0.780. The molecule has 0 spiro atoms. The number of amides is 1. The monoisotopic (exact) mass is 305 g/mol. The smallest absolute Gasteiger partial charge is 0.307 e. The van der Waals surface area contributed by atoms with Crippen molar-refractivity contribution in [2.24, 2.45) is 23.7 Å². The molecule has 2 aliphatic rings. The molecule has 4 atom stereocenters. The average Bonchev–Trinajstić information content (AvgIpc) is 3.08. The Balaban J connectivity index is 1.80. The van der Waals surface area contributed by atoms with Crippen LogP contribution in [0.2, 0.25) is 0 Å². The molecule has 2 fully saturated rings. The molecule has 0 aliphatic heterocycles. The molecule has 5 heteroatoms. The van der Waals surface area contributed by atoms with Crippen molar-refractivity contribution in [2.75, 3.05) is 11.6 Å². The van der Waals surface area contributed by atoms with Gasteiger partial charge >= 0.3 is 5.97 Å². The van der Waals surface area contributed by atoms with Crippen molar-refractivity contribution in [2.45, 2.75) is 24.2 Å². The Labute approximate surface area is 128 Å². The highest BCUT2D eigenvalue weighted by molar-refractivity contribution is 7.98. The van der Waals surface area contributed by atoms with Crippen LogP contribution < -0.4 is 5.32 Å². The number of carbonyl (C=O) groups excluding carboxylic acids is 1. The Bertz CT molecular complexity index is 574. The van der Waals surface area contributed by atoms with Crippen LogP contribution in [0, 0.1) is 23.7 Å². The molecule has 2 N–H and O–H groups in total. The van der Waals surface area contributed by atoms with E-state index < -0.39 is 11.9 Å². The van der Waals surface area contributed by atoms with Crippen LogP contribution in [-0.4, -0.2) is 23.2 Å². The fourth-order valence-corrected chi connectivity index (χ4v) is 4.54. The summed E-state index contributed by atoms with van der Waals surface area (Å²) in [6.45, 7) is 0. The summed E-state index contributed by atoms with van der Waals surface area (Å²) in [5, 5.41) is 12.4. The van der Waals surface area contributed by atoms with Gasteiger partial charge in [0.25, 0.3) is 0 Å².